The third-order valence-electron chi connectivity index (χ3n) is 6.00. The molecule has 1 atom stereocenters. The van der Waals surface area contributed by atoms with Gasteiger partial charge in [-0.1, -0.05) is 64.1 Å². The number of hydrogen-bond acceptors (Lipinski definition) is 4. The van der Waals surface area contributed by atoms with Gasteiger partial charge in [-0.2, -0.15) is 0 Å². The summed E-state index contributed by atoms with van der Waals surface area (Å²) in [7, 11) is -3.79. The van der Waals surface area contributed by atoms with Crippen molar-refractivity contribution in [3.05, 3.63) is 62.5 Å². The van der Waals surface area contributed by atoms with E-state index in [1.807, 2.05) is 0 Å². The van der Waals surface area contributed by atoms with E-state index in [2.05, 4.69) is 21.2 Å². The topological polar surface area (TPSA) is 86.8 Å². The van der Waals surface area contributed by atoms with Gasteiger partial charge in [0, 0.05) is 27.1 Å². The lowest BCUT2D eigenvalue weighted by atomic mass is 10.1. The molecule has 0 spiro atoms. The Kier molecular flexibility index (Phi) is 9.48. The van der Waals surface area contributed by atoms with Crippen LogP contribution in [0.1, 0.15) is 38.2 Å². The number of amides is 2. The summed E-state index contributed by atoms with van der Waals surface area (Å²) in [4.78, 5) is 28.0. The van der Waals surface area contributed by atoms with Gasteiger partial charge in [0.25, 0.3) is 0 Å². The molecule has 1 N–H and O–H groups in total. The first-order chi connectivity index (χ1) is 16.5. The van der Waals surface area contributed by atoms with Gasteiger partial charge in [-0.25, -0.2) is 8.42 Å². The minimum Gasteiger partial charge on any atom is -0.352 e. The molecular weight excluding hydrogens is 577 g/mol. The van der Waals surface area contributed by atoms with E-state index in [0.717, 1.165) is 36.2 Å². The highest BCUT2D eigenvalue weighted by molar-refractivity contribution is 9.10. The fraction of sp³-hybridized carbons (Fsp3) is 0.417. The highest BCUT2D eigenvalue weighted by Crippen LogP contribution is 2.26. The average Bonchev–Trinajstić information content (AvgIpc) is 3.28. The highest BCUT2D eigenvalue weighted by atomic mass is 79.9. The van der Waals surface area contributed by atoms with E-state index in [4.69, 9.17) is 23.2 Å². The number of carbonyl (C=O) groups excluding carboxylic acids is 2. The molecule has 0 heterocycles. The van der Waals surface area contributed by atoms with Crippen LogP contribution in [-0.4, -0.2) is 50.0 Å². The fourth-order valence-electron chi connectivity index (χ4n) is 4.05. The van der Waals surface area contributed by atoms with Gasteiger partial charge in [0.1, 0.15) is 12.6 Å². The SMILES string of the molecule is CC(C(=O)NC1CCCC1)N(Cc1ccc(Cl)cc1Cl)C(=O)CN(c1cccc(Br)c1)S(C)(=O)=O. The molecule has 2 aromatic carbocycles. The molecule has 0 aliphatic heterocycles. The van der Waals surface area contributed by atoms with Gasteiger partial charge in [0.05, 0.1) is 11.9 Å². The maximum absolute atomic E-state index is 13.6. The summed E-state index contributed by atoms with van der Waals surface area (Å²) in [5.74, 6) is -0.820. The van der Waals surface area contributed by atoms with Crippen molar-refractivity contribution >= 4 is 66.7 Å². The molecule has 1 aliphatic rings. The Morgan fingerprint density at radius 3 is 2.43 bits per heavy atom. The van der Waals surface area contributed by atoms with E-state index >= 15 is 0 Å². The van der Waals surface area contributed by atoms with Crippen LogP contribution in [0.3, 0.4) is 0 Å². The van der Waals surface area contributed by atoms with E-state index in [0.29, 0.717) is 25.8 Å². The van der Waals surface area contributed by atoms with Crippen molar-refractivity contribution in [1.82, 2.24) is 10.2 Å². The molecule has 11 heteroatoms. The number of anilines is 1. The van der Waals surface area contributed by atoms with Crippen LogP contribution in [0.4, 0.5) is 5.69 Å². The standard InChI is InChI=1S/C24H28BrCl2N3O4S/c1-16(24(32)28-20-7-3-4-8-20)29(14-17-10-11-19(26)13-22(17)27)23(31)15-30(35(2,33)34)21-9-5-6-18(25)12-21/h5-6,9-13,16,20H,3-4,7-8,14-15H2,1-2H3,(H,28,32). The lowest BCUT2D eigenvalue weighted by Gasteiger charge is -2.32. The lowest BCUT2D eigenvalue weighted by Crippen LogP contribution is -2.52. The number of benzene rings is 2. The highest BCUT2D eigenvalue weighted by Gasteiger charge is 2.31. The van der Waals surface area contributed by atoms with Crippen LogP contribution < -0.4 is 9.62 Å². The Balaban J connectivity index is 1.90. The second-order valence-electron chi connectivity index (χ2n) is 8.67. The minimum absolute atomic E-state index is 0.0180. The maximum Gasteiger partial charge on any atom is 0.244 e. The van der Waals surface area contributed by atoms with Crippen molar-refractivity contribution in [2.75, 3.05) is 17.1 Å². The van der Waals surface area contributed by atoms with E-state index < -0.39 is 28.5 Å². The first-order valence-corrected chi connectivity index (χ1v) is 14.6. The van der Waals surface area contributed by atoms with Gasteiger partial charge in [0.15, 0.2) is 0 Å². The monoisotopic (exact) mass is 603 g/mol. The van der Waals surface area contributed by atoms with Crippen molar-refractivity contribution in [3.63, 3.8) is 0 Å². The first kappa shape index (κ1) is 27.8. The summed E-state index contributed by atoms with van der Waals surface area (Å²) in [6.07, 6.45) is 4.95. The van der Waals surface area contributed by atoms with Gasteiger partial charge in [-0.3, -0.25) is 13.9 Å². The van der Waals surface area contributed by atoms with Crippen LogP contribution in [-0.2, 0) is 26.2 Å². The fourth-order valence-corrected chi connectivity index (χ4v) is 5.75. The van der Waals surface area contributed by atoms with Crippen molar-refractivity contribution in [2.45, 2.75) is 51.2 Å². The predicted octanol–water partition coefficient (Wildman–Crippen LogP) is 5.00. The van der Waals surface area contributed by atoms with Crippen LogP contribution in [0.25, 0.3) is 0 Å². The lowest BCUT2D eigenvalue weighted by molar-refractivity contribution is -0.139. The summed E-state index contributed by atoms with van der Waals surface area (Å²) in [5.41, 5.74) is 0.932. The smallest absolute Gasteiger partial charge is 0.244 e. The molecule has 2 amide bonds. The molecule has 7 nitrogen and oxygen atoms in total. The number of sulfonamides is 1. The van der Waals surface area contributed by atoms with Crippen molar-refractivity contribution < 1.29 is 18.0 Å². The van der Waals surface area contributed by atoms with Crippen LogP contribution in [0.15, 0.2) is 46.9 Å². The predicted molar refractivity (Wildman–Crippen MR) is 143 cm³/mol. The molecule has 0 saturated heterocycles. The molecule has 35 heavy (non-hydrogen) atoms. The van der Waals surface area contributed by atoms with E-state index in [-0.39, 0.29) is 18.5 Å². The number of nitrogens with one attached hydrogen (secondary N) is 1. The van der Waals surface area contributed by atoms with Gasteiger partial charge in [0.2, 0.25) is 21.8 Å². The molecule has 1 saturated carbocycles. The van der Waals surface area contributed by atoms with Crippen LogP contribution >= 0.6 is 39.1 Å². The molecule has 3 rings (SSSR count). The number of carbonyl (C=O) groups is 2. The summed E-state index contributed by atoms with van der Waals surface area (Å²) < 4.78 is 26.9. The number of nitrogens with zero attached hydrogens (tertiary/aromatic N) is 2. The van der Waals surface area contributed by atoms with Crippen LogP contribution in [0, 0.1) is 0 Å². The zero-order valence-corrected chi connectivity index (χ0v) is 23.4. The van der Waals surface area contributed by atoms with Crippen molar-refractivity contribution in [2.24, 2.45) is 0 Å². The Morgan fingerprint density at radius 2 is 1.83 bits per heavy atom. The summed E-state index contributed by atoms with van der Waals surface area (Å²) in [6.45, 7) is 1.18. The van der Waals surface area contributed by atoms with E-state index in [9.17, 15) is 18.0 Å². The molecule has 0 aromatic heterocycles. The van der Waals surface area contributed by atoms with Gasteiger partial charge >= 0.3 is 0 Å². The summed E-state index contributed by atoms with van der Waals surface area (Å²) in [5, 5.41) is 3.82. The summed E-state index contributed by atoms with van der Waals surface area (Å²) in [6, 6.07) is 10.8. The first-order valence-electron chi connectivity index (χ1n) is 11.2. The summed E-state index contributed by atoms with van der Waals surface area (Å²) >= 11 is 15.7. The van der Waals surface area contributed by atoms with E-state index in [1.165, 1.54) is 4.90 Å². The number of rotatable bonds is 9. The zero-order chi connectivity index (χ0) is 25.8. The molecule has 1 fully saturated rings. The second-order valence-corrected chi connectivity index (χ2v) is 12.3. The quantitative estimate of drug-likeness (QED) is 0.436. The largest absolute Gasteiger partial charge is 0.352 e. The number of hydrogen-bond donors (Lipinski definition) is 1. The Hall–Kier alpha value is -1.81. The number of halogens is 3. The molecule has 1 unspecified atom stereocenters. The maximum atomic E-state index is 13.6. The van der Waals surface area contributed by atoms with Gasteiger partial charge in [-0.15, -0.1) is 0 Å². The molecular formula is C24H28BrCl2N3O4S. The Labute approximate surface area is 224 Å². The molecule has 1 aliphatic carbocycles. The van der Waals surface area contributed by atoms with E-state index in [1.54, 1.807) is 49.4 Å². The second kappa shape index (κ2) is 12.0. The Morgan fingerprint density at radius 1 is 1.14 bits per heavy atom. The Bertz CT molecular complexity index is 1190. The molecule has 190 valence electrons. The van der Waals surface area contributed by atoms with Crippen LogP contribution in [0.5, 0.6) is 0 Å². The normalized spacial score (nSPS) is 15.0. The van der Waals surface area contributed by atoms with Crippen molar-refractivity contribution in [1.29, 1.82) is 0 Å². The minimum atomic E-state index is -3.79. The van der Waals surface area contributed by atoms with Gasteiger partial charge < -0.3 is 10.2 Å². The molecule has 2 aromatic rings. The third kappa shape index (κ3) is 7.59. The van der Waals surface area contributed by atoms with Crippen LogP contribution in [0.2, 0.25) is 10.0 Å². The third-order valence-corrected chi connectivity index (χ3v) is 8.22. The molecule has 0 bridgehead atoms. The average molecular weight is 605 g/mol. The molecule has 0 radical (unpaired) electrons. The zero-order valence-electron chi connectivity index (χ0n) is 19.5. The van der Waals surface area contributed by atoms with Crippen molar-refractivity contribution in [3.8, 4) is 0 Å². The van der Waals surface area contributed by atoms with Gasteiger partial charge in [-0.05, 0) is 55.7 Å².